The molecule has 4 heteroatoms. The second kappa shape index (κ2) is 4.60. The Balaban J connectivity index is 2.12. The van der Waals surface area contributed by atoms with E-state index in [4.69, 9.17) is 0 Å². The fourth-order valence-electron chi connectivity index (χ4n) is 2.13. The summed E-state index contributed by atoms with van der Waals surface area (Å²) in [7, 11) is 0. The molecule has 0 bridgehead atoms. The Morgan fingerprint density at radius 2 is 2.31 bits per heavy atom. The molecule has 1 saturated heterocycles. The van der Waals surface area contributed by atoms with Crippen LogP contribution in [0.2, 0.25) is 0 Å². The van der Waals surface area contributed by atoms with Gasteiger partial charge in [0.15, 0.2) is 0 Å². The van der Waals surface area contributed by atoms with E-state index < -0.39 is 0 Å². The van der Waals surface area contributed by atoms with Gasteiger partial charge in [-0.2, -0.15) is 0 Å². The summed E-state index contributed by atoms with van der Waals surface area (Å²) in [6, 6.07) is 1.97. The third-order valence-corrected chi connectivity index (χ3v) is 3.11. The van der Waals surface area contributed by atoms with Crippen molar-refractivity contribution in [3.63, 3.8) is 0 Å². The van der Waals surface area contributed by atoms with Crippen molar-refractivity contribution in [3.8, 4) is 0 Å². The fraction of sp³-hybridized carbons (Fsp3) is 0.583. The molecule has 2 rings (SSSR count). The van der Waals surface area contributed by atoms with Crippen LogP contribution in [0.1, 0.15) is 25.5 Å². The number of Topliss-reactive ketones (excluding diaryl/α,β-unsaturated/α-hetero) is 1. The molecule has 0 N–H and O–H groups in total. The fourth-order valence-corrected chi connectivity index (χ4v) is 2.13. The van der Waals surface area contributed by atoms with E-state index in [1.165, 1.54) is 0 Å². The minimum Gasteiger partial charge on any atom is -0.356 e. The molecule has 0 aromatic carbocycles. The van der Waals surface area contributed by atoms with Crippen LogP contribution in [-0.4, -0.2) is 28.8 Å². The van der Waals surface area contributed by atoms with E-state index in [0.717, 1.165) is 37.4 Å². The number of ketones is 1. The summed E-state index contributed by atoms with van der Waals surface area (Å²) in [4.78, 5) is 21.9. The average Bonchev–Trinajstić information content (AvgIpc) is 2.29. The third-order valence-electron chi connectivity index (χ3n) is 3.11. The maximum absolute atomic E-state index is 11.4. The smallest absolute Gasteiger partial charge is 0.134 e. The molecule has 0 spiro atoms. The van der Waals surface area contributed by atoms with Crippen molar-refractivity contribution < 1.29 is 4.79 Å². The molecule has 0 aliphatic carbocycles. The Bertz CT molecular complexity index is 392. The van der Waals surface area contributed by atoms with Gasteiger partial charge in [-0.3, -0.25) is 4.79 Å². The zero-order valence-electron chi connectivity index (χ0n) is 9.81. The number of aryl methyl sites for hydroxylation is 1. The van der Waals surface area contributed by atoms with Crippen LogP contribution >= 0.6 is 0 Å². The van der Waals surface area contributed by atoms with Crippen LogP contribution < -0.4 is 4.90 Å². The van der Waals surface area contributed by atoms with Crippen molar-refractivity contribution in [1.29, 1.82) is 0 Å². The molecule has 0 radical (unpaired) electrons. The van der Waals surface area contributed by atoms with Crippen molar-refractivity contribution in [2.75, 3.05) is 18.0 Å². The summed E-state index contributed by atoms with van der Waals surface area (Å²) in [5, 5.41) is 0. The summed E-state index contributed by atoms with van der Waals surface area (Å²) in [5.74, 6) is 1.40. The number of anilines is 1. The van der Waals surface area contributed by atoms with Crippen LogP contribution in [0.4, 0.5) is 5.82 Å². The lowest BCUT2D eigenvalue weighted by molar-refractivity contribution is -0.120. The molecule has 1 fully saturated rings. The van der Waals surface area contributed by atoms with Gasteiger partial charge < -0.3 is 4.90 Å². The van der Waals surface area contributed by atoms with Gasteiger partial charge >= 0.3 is 0 Å². The largest absolute Gasteiger partial charge is 0.356 e. The van der Waals surface area contributed by atoms with Crippen molar-refractivity contribution in [2.45, 2.75) is 26.7 Å². The van der Waals surface area contributed by atoms with Gasteiger partial charge in [-0.25, -0.2) is 9.97 Å². The molecule has 1 aromatic heterocycles. The topological polar surface area (TPSA) is 46.1 Å². The van der Waals surface area contributed by atoms with Crippen LogP contribution in [-0.2, 0) is 4.79 Å². The van der Waals surface area contributed by atoms with E-state index in [-0.39, 0.29) is 11.7 Å². The minimum absolute atomic E-state index is 0.170. The van der Waals surface area contributed by atoms with E-state index in [2.05, 4.69) is 14.9 Å². The second-order valence-corrected chi connectivity index (χ2v) is 4.41. The van der Waals surface area contributed by atoms with E-state index in [9.17, 15) is 4.79 Å². The standard InChI is InChI=1S/C12H17N3O/c1-9-6-12(14-8-13-9)15-5-3-4-11(7-15)10(2)16/h6,8,11H,3-5,7H2,1-2H3. The Labute approximate surface area is 95.7 Å². The van der Waals surface area contributed by atoms with Crippen molar-refractivity contribution in [1.82, 2.24) is 9.97 Å². The molecular weight excluding hydrogens is 202 g/mol. The normalized spacial score (nSPS) is 20.9. The SMILES string of the molecule is CC(=O)C1CCCN(c2cc(C)ncn2)C1. The van der Waals surface area contributed by atoms with Gasteiger partial charge in [-0.15, -0.1) is 0 Å². The summed E-state index contributed by atoms with van der Waals surface area (Å²) in [6.45, 7) is 5.42. The number of carbonyl (C=O) groups excluding carboxylic acids is 1. The summed E-state index contributed by atoms with van der Waals surface area (Å²) < 4.78 is 0. The molecule has 0 amide bonds. The third kappa shape index (κ3) is 2.38. The lowest BCUT2D eigenvalue weighted by atomic mass is 9.94. The van der Waals surface area contributed by atoms with Gasteiger partial charge in [0, 0.05) is 30.8 Å². The minimum atomic E-state index is 0.170. The molecule has 1 aromatic rings. The highest BCUT2D eigenvalue weighted by atomic mass is 16.1. The Hall–Kier alpha value is -1.45. The zero-order valence-corrected chi connectivity index (χ0v) is 9.81. The number of nitrogens with zero attached hydrogens (tertiary/aromatic N) is 3. The summed E-state index contributed by atoms with van der Waals surface area (Å²) in [5.41, 5.74) is 0.968. The number of aromatic nitrogens is 2. The Morgan fingerprint density at radius 3 is 3.00 bits per heavy atom. The van der Waals surface area contributed by atoms with E-state index in [1.807, 2.05) is 13.0 Å². The Kier molecular flexibility index (Phi) is 3.17. The monoisotopic (exact) mass is 219 g/mol. The number of carbonyl (C=O) groups is 1. The quantitative estimate of drug-likeness (QED) is 0.757. The van der Waals surface area contributed by atoms with Gasteiger partial charge in [0.05, 0.1) is 0 Å². The van der Waals surface area contributed by atoms with E-state index >= 15 is 0 Å². The summed E-state index contributed by atoms with van der Waals surface area (Å²) >= 11 is 0. The highest BCUT2D eigenvalue weighted by molar-refractivity contribution is 5.79. The number of hydrogen-bond donors (Lipinski definition) is 0. The van der Waals surface area contributed by atoms with Gasteiger partial charge in [0.2, 0.25) is 0 Å². The molecule has 1 unspecified atom stereocenters. The van der Waals surface area contributed by atoms with Gasteiger partial charge in [-0.1, -0.05) is 0 Å². The van der Waals surface area contributed by atoms with Crippen LogP contribution in [0.25, 0.3) is 0 Å². The van der Waals surface area contributed by atoms with Crippen LogP contribution in [0.15, 0.2) is 12.4 Å². The number of hydrogen-bond acceptors (Lipinski definition) is 4. The van der Waals surface area contributed by atoms with Crippen LogP contribution in [0.5, 0.6) is 0 Å². The first-order valence-corrected chi connectivity index (χ1v) is 5.71. The number of rotatable bonds is 2. The predicted octanol–water partition coefficient (Wildman–Crippen LogP) is 1.59. The Morgan fingerprint density at radius 1 is 1.50 bits per heavy atom. The lowest BCUT2D eigenvalue weighted by Crippen LogP contribution is -2.38. The van der Waals surface area contributed by atoms with E-state index in [1.54, 1.807) is 13.3 Å². The maximum Gasteiger partial charge on any atom is 0.134 e. The molecule has 1 aliphatic heterocycles. The maximum atomic E-state index is 11.4. The van der Waals surface area contributed by atoms with Gasteiger partial charge in [0.1, 0.15) is 17.9 Å². The van der Waals surface area contributed by atoms with Crippen molar-refractivity contribution >= 4 is 11.6 Å². The molecule has 1 atom stereocenters. The first-order chi connectivity index (χ1) is 7.66. The highest BCUT2D eigenvalue weighted by Gasteiger charge is 2.23. The lowest BCUT2D eigenvalue weighted by Gasteiger charge is -2.32. The average molecular weight is 219 g/mol. The highest BCUT2D eigenvalue weighted by Crippen LogP contribution is 2.21. The van der Waals surface area contributed by atoms with Crippen LogP contribution in [0, 0.1) is 12.8 Å². The van der Waals surface area contributed by atoms with Crippen LogP contribution in [0.3, 0.4) is 0 Å². The van der Waals surface area contributed by atoms with E-state index in [0.29, 0.717) is 0 Å². The molecule has 1 aliphatic rings. The van der Waals surface area contributed by atoms with Crippen molar-refractivity contribution in [3.05, 3.63) is 18.1 Å². The first kappa shape index (κ1) is 11.0. The van der Waals surface area contributed by atoms with Gasteiger partial charge in [0.25, 0.3) is 0 Å². The van der Waals surface area contributed by atoms with Gasteiger partial charge in [-0.05, 0) is 26.7 Å². The molecule has 2 heterocycles. The molecule has 0 saturated carbocycles. The molecule has 16 heavy (non-hydrogen) atoms. The molecular formula is C12H17N3O. The predicted molar refractivity (Wildman–Crippen MR) is 62.4 cm³/mol. The summed E-state index contributed by atoms with van der Waals surface area (Å²) in [6.07, 6.45) is 3.66. The van der Waals surface area contributed by atoms with Crippen molar-refractivity contribution in [2.24, 2.45) is 5.92 Å². The first-order valence-electron chi connectivity index (χ1n) is 5.71. The molecule has 86 valence electrons. The number of piperidine rings is 1. The second-order valence-electron chi connectivity index (χ2n) is 4.41. The zero-order chi connectivity index (χ0) is 11.5. The molecule has 4 nitrogen and oxygen atoms in total.